The third kappa shape index (κ3) is 1.59. The van der Waals surface area contributed by atoms with E-state index in [-0.39, 0.29) is 0 Å². The van der Waals surface area contributed by atoms with Crippen LogP contribution >= 0.6 is 0 Å². The Hall–Kier alpha value is -2.17. The highest BCUT2D eigenvalue weighted by molar-refractivity contribution is 5.90. The van der Waals surface area contributed by atoms with E-state index in [0.29, 0.717) is 28.8 Å². The van der Waals surface area contributed by atoms with Gasteiger partial charge >= 0.3 is 0 Å². The van der Waals surface area contributed by atoms with Crippen molar-refractivity contribution >= 4 is 12.1 Å². The normalized spacial score (nSPS) is 10.2. The van der Waals surface area contributed by atoms with E-state index in [0.717, 1.165) is 0 Å². The van der Waals surface area contributed by atoms with Gasteiger partial charge in [-0.25, -0.2) is 4.39 Å². The van der Waals surface area contributed by atoms with Crippen LogP contribution in [0.5, 0.6) is 0 Å². The van der Waals surface area contributed by atoms with E-state index in [4.69, 9.17) is 5.73 Å². The summed E-state index contributed by atoms with van der Waals surface area (Å²) < 4.78 is 13.0. The molecule has 0 atom stereocenters. The number of halogens is 1. The van der Waals surface area contributed by atoms with Gasteiger partial charge in [-0.3, -0.25) is 9.89 Å². The van der Waals surface area contributed by atoms with E-state index >= 15 is 0 Å². The second kappa shape index (κ2) is 3.53. The Balaban J connectivity index is 2.65. The summed E-state index contributed by atoms with van der Waals surface area (Å²) in [6, 6.07) is 3.89. The monoisotopic (exact) mass is 205 g/mol. The third-order valence-corrected chi connectivity index (χ3v) is 2.10. The standard InChI is InChI=1S/C10H8FN3O/c11-7-2-1-6(5-15)8(3-7)9-4-13-14-10(9)12/h1-5H,(H3,12,13,14). The average molecular weight is 205 g/mol. The Kier molecular flexibility index (Phi) is 2.21. The summed E-state index contributed by atoms with van der Waals surface area (Å²) in [6.45, 7) is 0. The Morgan fingerprint density at radius 2 is 2.20 bits per heavy atom. The number of nitrogen functional groups attached to an aromatic ring is 1. The molecule has 0 spiro atoms. The van der Waals surface area contributed by atoms with Crippen molar-refractivity contribution in [3.8, 4) is 11.1 Å². The predicted octanol–water partition coefficient (Wildman–Crippen LogP) is 1.61. The number of nitrogens with two attached hydrogens (primary N) is 1. The molecule has 3 N–H and O–H groups in total. The number of aromatic nitrogens is 2. The maximum atomic E-state index is 13.0. The summed E-state index contributed by atoms with van der Waals surface area (Å²) in [7, 11) is 0. The SMILES string of the molecule is Nc1[nH]ncc1-c1cc(F)ccc1C=O. The zero-order chi connectivity index (χ0) is 10.8. The summed E-state index contributed by atoms with van der Waals surface area (Å²) >= 11 is 0. The second-order valence-electron chi connectivity index (χ2n) is 3.05. The fourth-order valence-electron chi connectivity index (χ4n) is 1.38. The number of anilines is 1. The van der Waals surface area contributed by atoms with Crippen molar-refractivity contribution in [2.24, 2.45) is 0 Å². The van der Waals surface area contributed by atoms with E-state index in [1.807, 2.05) is 0 Å². The van der Waals surface area contributed by atoms with Gasteiger partial charge in [0.15, 0.2) is 6.29 Å². The van der Waals surface area contributed by atoms with Gasteiger partial charge in [-0.15, -0.1) is 0 Å². The van der Waals surface area contributed by atoms with E-state index in [2.05, 4.69) is 10.2 Å². The lowest BCUT2D eigenvalue weighted by Crippen LogP contribution is -1.92. The number of benzene rings is 1. The lowest BCUT2D eigenvalue weighted by molar-refractivity contribution is 0.112. The van der Waals surface area contributed by atoms with Gasteiger partial charge in [0.05, 0.1) is 6.20 Å². The van der Waals surface area contributed by atoms with Crippen molar-refractivity contribution < 1.29 is 9.18 Å². The van der Waals surface area contributed by atoms with Gasteiger partial charge in [0.1, 0.15) is 11.6 Å². The molecule has 4 nitrogen and oxygen atoms in total. The molecule has 0 amide bonds. The number of aromatic amines is 1. The second-order valence-corrected chi connectivity index (χ2v) is 3.05. The number of hydrogen-bond donors (Lipinski definition) is 2. The van der Waals surface area contributed by atoms with Crippen molar-refractivity contribution in [3.63, 3.8) is 0 Å². The molecule has 0 fully saturated rings. The van der Waals surface area contributed by atoms with Crippen LogP contribution in [-0.4, -0.2) is 16.5 Å². The molecule has 0 aliphatic rings. The number of nitrogens with one attached hydrogen (secondary N) is 1. The number of aldehydes is 1. The Morgan fingerprint density at radius 1 is 1.40 bits per heavy atom. The molecule has 0 aliphatic heterocycles. The van der Waals surface area contributed by atoms with Gasteiger partial charge in [0.25, 0.3) is 0 Å². The molecular weight excluding hydrogens is 197 g/mol. The minimum atomic E-state index is -0.420. The van der Waals surface area contributed by atoms with Crippen molar-refractivity contribution in [2.75, 3.05) is 5.73 Å². The quantitative estimate of drug-likeness (QED) is 0.731. The Bertz CT molecular complexity index is 507. The molecule has 2 rings (SSSR count). The molecule has 0 unspecified atom stereocenters. The van der Waals surface area contributed by atoms with Crippen LogP contribution in [0.4, 0.5) is 10.2 Å². The number of carbonyl (C=O) groups is 1. The van der Waals surface area contributed by atoms with Crippen LogP contribution in [-0.2, 0) is 0 Å². The molecule has 2 aromatic rings. The van der Waals surface area contributed by atoms with Crippen LogP contribution in [0, 0.1) is 5.82 Å². The number of nitrogens with zero attached hydrogens (tertiary/aromatic N) is 1. The van der Waals surface area contributed by atoms with E-state index in [9.17, 15) is 9.18 Å². The van der Waals surface area contributed by atoms with Crippen molar-refractivity contribution in [1.82, 2.24) is 10.2 Å². The summed E-state index contributed by atoms with van der Waals surface area (Å²) in [5, 5.41) is 6.24. The van der Waals surface area contributed by atoms with Crippen LogP contribution in [0.3, 0.4) is 0 Å². The molecule has 1 heterocycles. The average Bonchev–Trinajstić information content (AvgIpc) is 2.64. The molecule has 0 saturated carbocycles. The maximum absolute atomic E-state index is 13.0. The summed E-state index contributed by atoms with van der Waals surface area (Å²) in [6.07, 6.45) is 2.11. The molecule has 5 heteroatoms. The third-order valence-electron chi connectivity index (χ3n) is 2.10. The van der Waals surface area contributed by atoms with Gasteiger partial charge in [-0.05, 0) is 18.2 Å². The number of carbonyl (C=O) groups excluding carboxylic acids is 1. The number of hydrogen-bond acceptors (Lipinski definition) is 3. The highest BCUT2D eigenvalue weighted by Gasteiger charge is 2.10. The highest BCUT2D eigenvalue weighted by atomic mass is 19.1. The summed E-state index contributed by atoms with van der Waals surface area (Å²) in [4.78, 5) is 10.8. The summed E-state index contributed by atoms with van der Waals surface area (Å²) in [5.41, 5.74) is 6.93. The zero-order valence-electron chi connectivity index (χ0n) is 7.70. The number of rotatable bonds is 2. The smallest absolute Gasteiger partial charge is 0.150 e. The van der Waals surface area contributed by atoms with Gasteiger partial charge < -0.3 is 5.73 Å². The van der Waals surface area contributed by atoms with E-state index in [1.54, 1.807) is 0 Å². The molecule has 0 saturated heterocycles. The fourth-order valence-corrected chi connectivity index (χ4v) is 1.38. The van der Waals surface area contributed by atoms with Gasteiger partial charge in [0.2, 0.25) is 0 Å². The first-order valence-corrected chi connectivity index (χ1v) is 4.26. The number of H-pyrrole nitrogens is 1. The Morgan fingerprint density at radius 3 is 2.80 bits per heavy atom. The van der Waals surface area contributed by atoms with Crippen LogP contribution < -0.4 is 5.73 Å². The molecule has 0 aliphatic carbocycles. The summed E-state index contributed by atoms with van der Waals surface area (Å²) in [5.74, 6) is -0.111. The van der Waals surface area contributed by atoms with Crippen molar-refractivity contribution in [2.45, 2.75) is 0 Å². The van der Waals surface area contributed by atoms with Crippen LogP contribution in [0.15, 0.2) is 24.4 Å². The van der Waals surface area contributed by atoms with E-state index < -0.39 is 5.82 Å². The van der Waals surface area contributed by atoms with Gasteiger partial charge in [-0.2, -0.15) is 5.10 Å². The van der Waals surface area contributed by atoms with Gasteiger partial charge in [-0.1, -0.05) is 0 Å². The molecule has 1 aromatic carbocycles. The fraction of sp³-hybridized carbons (Fsp3) is 0. The van der Waals surface area contributed by atoms with Crippen molar-refractivity contribution in [1.29, 1.82) is 0 Å². The lowest BCUT2D eigenvalue weighted by atomic mass is 10.0. The minimum absolute atomic E-state index is 0.309. The molecule has 76 valence electrons. The first-order valence-electron chi connectivity index (χ1n) is 4.26. The molecule has 15 heavy (non-hydrogen) atoms. The Labute approximate surface area is 84.9 Å². The molecule has 0 radical (unpaired) electrons. The predicted molar refractivity (Wildman–Crippen MR) is 53.8 cm³/mol. The molecule has 0 bridgehead atoms. The molecule has 1 aromatic heterocycles. The van der Waals surface area contributed by atoms with Gasteiger partial charge in [0, 0.05) is 16.7 Å². The highest BCUT2D eigenvalue weighted by Crippen LogP contribution is 2.27. The van der Waals surface area contributed by atoms with Crippen LogP contribution in [0.1, 0.15) is 10.4 Å². The topological polar surface area (TPSA) is 71.8 Å². The van der Waals surface area contributed by atoms with Crippen LogP contribution in [0.25, 0.3) is 11.1 Å². The zero-order valence-corrected chi connectivity index (χ0v) is 7.70. The largest absolute Gasteiger partial charge is 0.384 e. The first kappa shape index (κ1) is 9.39. The molecular formula is C10H8FN3O. The first-order chi connectivity index (χ1) is 7.22. The lowest BCUT2D eigenvalue weighted by Gasteiger charge is -2.02. The van der Waals surface area contributed by atoms with E-state index in [1.165, 1.54) is 24.4 Å². The van der Waals surface area contributed by atoms with Crippen LogP contribution in [0.2, 0.25) is 0 Å². The minimum Gasteiger partial charge on any atom is -0.384 e. The maximum Gasteiger partial charge on any atom is 0.150 e. The van der Waals surface area contributed by atoms with Crippen molar-refractivity contribution in [3.05, 3.63) is 35.8 Å².